The van der Waals surface area contributed by atoms with Crippen LogP contribution in [0.2, 0.25) is 0 Å². The van der Waals surface area contributed by atoms with E-state index in [9.17, 15) is 9.59 Å². The number of likely N-dealkylation sites (tertiary alicyclic amines) is 2. The SMILES string of the molecule is Cn1nccc1[C@@H]1CN(C(=O)Cc2ccco2)C[C@]12CCCN(CC1CC1)C2=O. The molecule has 5 rings (SSSR count). The summed E-state index contributed by atoms with van der Waals surface area (Å²) in [4.78, 5) is 30.7. The third kappa shape index (κ3) is 3.26. The lowest BCUT2D eigenvalue weighted by Gasteiger charge is -2.42. The van der Waals surface area contributed by atoms with Crippen LogP contribution in [-0.2, 0) is 23.1 Å². The Morgan fingerprint density at radius 2 is 2.21 bits per heavy atom. The number of rotatable bonds is 5. The molecule has 2 aliphatic heterocycles. The molecule has 1 spiro atoms. The standard InChI is InChI=1S/C22H28N4O3/c1-24-19(7-9-23-24)18-14-26(20(27)12-17-4-2-11-29-17)15-22(18)8-3-10-25(21(22)28)13-16-5-6-16/h2,4,7,9,11,16,18H,3,5-6,8,10,12-15H2,1H3/t18-,22+/m0/s1. The van der Waals surface area contributed by atoms with E-state index < -0.39 is 5.41 Å². The van der Waals surface area contributed by atoms with Gasteiger partial charge in [0.05, 0.1) is 18.1 Å². The number of hydrogen-bond donors (Lipinski definition) is 0. The predicted molar refractivity (Wildman–Crippen MR) is 106 cm³/mol. The number of carbonyl (C=O) groups excluding carboxylic acids is 2. The lowest BCUT2D eigenvalue weighted by Crippen LogP contribution is -2.53. The van der Waals surface area contributed by atoms with Crippen LogP contribution in [0.3, 0.4) is 0 Å². The van der Waals surface area contributed by atoms with Crippen LogP contribution in [0.1, 0.15) is 43.1 Å². The Morgan fingerprint density at radius 3 is 2.90 bits per heavy atom. The van der Waals surface area contributed by atoms with Crippen molar-refractivity contribution in [3.8, 4) is 0 Å². The highest BCUT2D eigenvalue weighted by atomic mass is 16.3. The summed E-state index contributed by atoms with van der Waals surface area (Å²) in [6, 6.07) is 5.62. The lowest BCUT2D eigenvalue weighted by molar-refractivity contribution is -0.147. The lowest BCUT2D eigenvalue weighted by atomic mass is 9.70. The first-order chi connectivity index (χ1) is 14.1. The van der Waals surface area contributed by atoms with Gasteiger partial charge in [0.1, 0.15) is 5.76 Å². The average Bonchev–Trinajstić information content (AvgIpc) is 3.07. The quantitative estimate of drug-likeness (QED) is 0.777. The molecule has 2 amide bonds. The highest BCUT2D eigenvalue weighted by molar-refractivity contribution is 5.88. The Morgan fingerprint density at radius 1 is 1.34 bits per heavy atom. The van der Waals surface area contributed by atoms with Crippen LogP contribution in [0.5, 0.6) is 0 Å². The summed E-state index contributed by atoms with van der Waals surface area (Å²) in [5.41, 5.74) is 0.500. The third-order valence-corrected chi connectivity index (χ3v) is 6.96. The molecular weight excluding hydrogens is 368 g/mol. The highest BCUT2D eigenvalue weighted by Gasteiger charge is 2.57. The van der Waals surface area contributed by atoms with Crippen molar-refractivity contribution in [2.45, 2.75) is 38.0 Å². The van der Waals surface area contributed by atoms with Gasteiger partial charge in [-0.05, 0) is 49.8 Å². The van der Waals surface area contributed by atoms with E-state index in [4.69, 9.17) is 4.42 Å². The molecule has 0 aromatic carbocycles. The minimum absolute atomic E-state index is 0.0231. The van der Waals surface area contributed by atoms with Crippen LogP contribution in [-0.4, -0.2) is 57.6 Å². The van der Waals surface area contributed by atoms with Crippen molar-refractivity contribution in [1.29, 1.82) is 0 Å². The molecule has 2 aromatic heterocycles. The predicted octanol–water partition coefficient (Wildman–Crippen LogP) is 2.20. The topological polar surface area (TPSA) is 71.6 Å². The van der Waals surface area contributed by atoms with Gasteiger partial charge < -0.3 is 14.2 Å². The van der Waals surface area contributed by atoms with Crippen LogP contribution < -0.4 is 0 Å². The third-order valence-electron chi connectivity index (χ3n) is 6.96. The molecule has 0 radical (unpaired) electrons. The zero-order chi connectivity index (χ0) is 20.0. The molecule has 2 atom stereocenters. The normalized spacial score (nSPS) is 27.2. The minimum Gasteiger partial charge on any atom is -0.469 e. The van der Waals surface area contributed by atoms with Crippen LogP contribution in [0.25, 0.3) is 0 Å². The molecule has 3 aliphatic rings. The van der Waals surface area contributed by atoms with Gasteiger partial charge >= 0.3 is 0 Å². The number of aryl methyl sites for hydroxylation is 1. The molecule has 154 valence electrons. The first-order valence-electron chi connectivity index (χ1n) is 10.6. The zero-order valence-electron chi connectivity index (χ0n) is 16.9. The molecule has 1 aliphatic carbocycles. The van der Waals surface area contributed by atoms with E-state index in [0.717, 1.165) is 31.6 Å². The molecule has 0 unspecified atom stereocenters. The Hall–Kier alpha value is -2.57. The summed E-state index contributed by atoms with van der Waals surface area (Å²) in [6.07, 6.45) is 7.89. The number of amides is 2. The van der Waals surface area contributed by atoms with Crippen molar-refractivity contribution >= 4 is 11.8 Å². The monoisotopic (exact) mass is 396 g/mol. The second-order valence-electron chi connectivity index (χ2n) is 8.92. The molecule has 1 saturated carbocycles. The Balaban J connectivity index is 1.44. The van der Waals surface area contributed by atoms with Crippen molar-refractivity contribution < 1.29 is 14.0 Å². The summed E-state index contributed by atoms with van der Waals surface area (Å²) in [7, 11) is 1.92. The first kappa shape index (κ1) is 18.5. The van der Waals surface area contributed by atoms with Gasteiger partial charge in [-0.3, -0.25) is 14.3 Å². The van der Waals surface area contributed by atoms with Gasteiger partial charge in [0, 0.05) is 51.0 Å². The summed E-state index contributed by atoms with van der Waals surface area (Å²) < 4.78 is 7.23. The summed E-state index contributed by atoms with van der Waals surface area (Å²) in [5.74, 6) is 1.57. The number of hydrogen-bond acceptors (Lipinski definition) is 4. The fraction of sp³-hybridized carbons (Fsp3) is 0.591. The van der Waals surface area contributed by atoms with Crippen LogP contribution in [0, 0.1) is 11.3 Å². The van der Waals surface area contributed by atoms with E-state index in [2.05, 4.69) is 10.00 Å². The summed E-state index contributed by atoms with van der Waals surface area (Å²) in [5, 5.41) is 4.35. The number of carbonyl (C=O) groups is 2. The van der Waals surface area contributed by atoms with Crippen molar-refractivity contribution in [3.63, 3.8) is 0 Å². The average molecular weight is 396 g/mol. The van der Waals surface area contributed by atoms with Gasteiger partial charge in [-0.15, -0.1) is 0 Å². The molecule has 0 N–H and O–H groups in total. The Labute approximate surface area is 170 Å². The minimum atomic E-state index is -0.542. The maximum absolute atomic E-state index is 13.8. The number of furan rings is 1. The maximum Gasteiger partial charge on any atom is 0.231 e. The molecule has 4 heterocycles. The van der Waals surface area contributed by atoms with Crippen molar-refractivity contribution in [2.24, 2.45) is 18.4 Å². The molecule has 0 bridgehead atoms. The molecule has 7 heteroatoms. The molecular formula is C22H28N4O3. The van der Waals surface area contributed by atoms with E-state index in [-0.39, 0.29) is 24.2 Å². The van der Waals surface area contributed by atoms with Crippen LogP contribution >= 0.6 is 0 Å². The maximum atomic E-state index is 13.8. The van der Waals surface area contributed by atoms with Gasteiger partial charge in [0.15, 0.2) is 0 Å². The second-order valence-corrected chi connectivity index (χ2v) is 8.92. The van der Waals surface area contributed by atoms with E-state index in [1.165, 1.54) is 12.8 Å². The van der Waals surface area contributed by atoms with Gasteiger partial charge in [0.2, 0.25) is 11.8 Å². The smallest absolute Gasteiger partial charge is 0.231 e. The van der Waals surface area contributed by atoms with Gasteiger partial charge in [-0.2, -0.15) is 5.10 Å². The van der Waals surface area contributed by atoms with Gasteiger partial charge in [-0.25, -0.2) is 0 Å². The first-order valence-corrected chi connectivity index (χ1v) is 10.6. The molecule has 2 aromatic rings. The fourth-order valence-corrected chi connectivity index (χ4v) is 5.24. The molecule has 2 saturated heterocycles. The van der Waals surface area contributed by atoms with Crippen LogP contribution in [0.15, 0.2) is 35.1 Å². The summed E-state index contributed by atoms with van der Waals surface area (Å²) >= 11 is 0. The summed E-state index contributed by atoms with van der Waals surface area (Å²) in [6.45, 7) is 2.76. The molecule has 7 nitrogen and oxygen atoms in total. The highest BCUT2D eigenvalue weighted by Crippen LogP contribution is 2.50. The molecule has 29 heavy (non-hydrogen) atoms. The molecule has 3 fully saturated rings. The fourth-order valence-electron chi connectivity index (χ4n) is 5.24. The Bertz CT molecular complexity index is 901. The second kappa shape index (κ2) is 7.04. The van der Waals surface area contributed by atoms with Crippen molar-refractivity contribution in [1.82, 2.24) is 19.6 Å². The largest absolute Gasteiger partial charge is 0.469 e. The zero-order valence-corrected chi connectivity index (χ0v) is 16.9. The Kier molecular flexibility index (Phi) is 4.48. The van der Waals surface area contributed by atoms with E-state index >= 15 is 0 Å². The van der Waals surface area contributed by atoms with E-state index in [1.54, 1.807) is 18.5 Å². The van der Waals surface area contributed by atoms with Crippen molar-refractivity contribution in [2.75, 3.05) is 26.2 Å². The number of piperidine rings is 1. The number of nitrogens with zero attached hydrogens (tertiary/aromatic N) is 4. The van der Waals surface area contributed by atoms with Gasteiger partial charge in [-0.1, -0.05) is 0 Å². The van der Waals surface area contributed by atoms with E-state index in [0.29, 0.717) is 24.8 Å². The van der Waals surface area contributed by atoms with Crippen LogP contribution in [0.4, 0.5) is 0 Å². The van der Waals surface area contributed by atoms with Gasteiger partial charge in [0.25, 0.3) is 0 Å². The van der Waals surface area contributed by atoms with Crippen molar-refractivity contribution in [3.05, 3.63) is 42.1 Å². The number of aromatic nitrogens is 2. The van der Waals surface area contributed by atoms with E-state index in [1.807, 2.05) is 28.8 Å².